The summed E-state index contributed by atoms with van der Waals surface area (Å²) >= 11 is 5.98. The maximum absolute atomic E-state index is 13.1. The number of carbonyl (C=O) groups excluding carboxylic acids is 1. The van der Waals surface area contributed by atoms with E-state index in [2.05, 4.69) is 5.32 Å². The van der Waals surface area contributed by atoms with E-state index in [0.717, 1.165) is 11.1 Å². The number of aryl methyl sites for hydroxylation is 1. The summed E-state index contributed by atoms with van der Waals surface area (Å²) in [7, 11) is 5.03. The van der Waals surface area contributed by atoms with Crippen LogP contribution in [0, 0.1) is 12.7 Å². The van der Waals surface area contributed by atoms with E-state index in [1.165, 1.54) is 18.2 Å². The molecule has 2 aromatic rings. The van der Waals surface area contributed by atoms with E-state index in [9.17, 15) is 9.18 Å². The number of benzene rings is 2. The van der Waals surface area contributed by atoms with Gasteiger partial charge in [-0.05, 0) is 62.4 Å². The molecule has 0 unspecified atom stereocenters. The number of methoxy groups -OCH3 is 2. The van der Waals surface area contributed by atoms with Gasteiger partial charge >= 0.3 is 0 Å². The van der Waals surface area contributed by atoms with Gasteiger partial charge in [-0.15, -0.1) is 0 Å². The molecule has 5 nitrogen and oxygen atoms in total. The third kappa shape index (κ3) is 5.11. The molecule has 0 aromatic heterocycles. The monoisotopic (exact) mass is 394 g/mol. The van der Waals surface area contributed by atoms with Crippen LogP contribution in [0.1, 0.15) is 18.1 Å². The molecule has 2 rings (SSSR count). The van der Waals surface area contributed by atoms with E-state index >= 15 is 0 Å². The van der Waals surface area contributed by atoms with Crippen molar-refractivity contribution in [2.24, 2.45) is 0 Å². The molecule has 1 N–H and O–H groups in total. The van der Waals surface area contributed by atoms with Crippen LogP contribution < -0.4 is 14.8 Å². The van der Waals surface area contributed by atoms with Gasteiger partial charge in [-0.25, -0.2) is 4.39 Å². The molecular formula is C20H24ClFN2O3. The van der Waals surface area contributed by atoms with Crippen LogP contribution in [0.15, 0.2) is 30.3 Å². The molecule has 0 fully saturated rings. The van der Waals surface area contributed by atoms with Crippen LogP contribution in [0.25, 0.3) is 0 Å². The van der Waals surface area contributed by atoms with E-state index in [1.54, 1.807) is 21.1 Å². The van der Waals surface area contributed by atoms with E-state index < -0.39 is 11.9 Å². The van der Waals surface area contributed by atoms with Gasteiger partial charge in [-0.2, -0.15) is 0 Å². The topological polar surface area (TPSA) is 50.8 Å². The van der Waals surface area contributed by atoms with Gasteiger partial charge in [-0.3, -0.25) is 9.69 Å². The molecule has 1 amide bonds. The Kier molecular flexibility index (Phi) is 7.05. The van der Waals surface area contributed by atoms with Gasteiger partial charge in [-0.1, -0.05) is 11.6 Å². The number of nitrogens with one attached hydrogen (secondary N) is 1. The number of hydrogen-bond acceptors (Lipinski definition) is 4. The second kappa shape index (κ2) is 9.06. The maximum Gasteiger partial charge on any atom is 0.241 e. The van der Waals surface area contributed by atoms with Gasteiger partial charge in [0.05, 0.1) is 31.0 Å². The molecule has 0 aliphatic heterocycles. The first-order chi connectivity index (χ1) is 12.8. The Morgan fingerprint density at radius 3 is 2.44 bits per heavy atom. The molecular weight excluding hydrogens is 371 g/mol. The lowest BCUT2D eigenvalue weighted by Crippen LogP contribution is -2.39. The highest BCUT2D eigenvalue weighted by Crippen LogP contribution is 2.31. The van der Waals surface area contributed by atoms with Crippen molar-refractivity contribution in [2.75, 3.05) is 26.6 Å². The van der Waals surface area contributed by atoms with Crippen molar-refractivity contribution in [3.05, 3.63) is 52.3 Å². The molecule has 0 spiro atoms. The first-order valence-corrected chi connectivity index (χ1v) is 8.82. The van der Waals surface area contributed by atoms with E-state index in [4.69, 9.17) is 21.1 Å². The summed E-state index contributed by atoms with van der Waals surface area (Å²) in [4.78, 5) is 14.4. The van der Waals surface area contributed by atoms with Crippen LogP contribution in [0.3, 0.4) is 0 Å². The minimum atomic E-state index is -0.452. The SMILES string of the molecule is COc1cc(C)c(CN(C)[C@@H](C)C(=O)Nc2ccc(F)cc2Cl)cc1OC. The maximum atomic E-state index is 13.1. The van der Waals surface area contributed by atoms with Gasteiger partial charge in [0.25, 0.3) is 0 Å². The van der Waals surface area contributed by atoms with Crippen molar-refractivity contribution >= 4 is 23.2 Å². The highest BCUT2D eigenvalue weighted by Gasteiger charge is 2.20. The number of likely N-dealkylation sites (N-methyl/N-ethyl adjacent to an activating group) is 1. The number of anilines is 1. The molecule has 1 atom stereocenters. The first-order valence-electron chi connectivity index (χ1n) is 8.44. The molecule has 7 heteroatoms. The molecule has 0 aliphatic carbocycles. The minimum Gasteiger partial charge on any atom is -0.493 e. The molecule has 0 saturated carbocycles. The lowest BCUT2D eigenvalue weighted by atomic mass is 10.1. The van der Waals surface area contributed by atoms with E-state index in [-0.39, 0.29) is 10.9 Å². The van der Waals surface area contributed by atoms with E-state index in [1.807, 2.05) is 31.0 Å². The molecule has 0 aliphatic rings. The number of ether oxygens (including phenoxy) is 2. The van der Waals surface area contributed by atoms with Gasteiger partial charge in [0.15, 0.2) is 11.5 Å². The van der Waals surface area contributed by atoms with Crippen LogP contribution in [-0.2, 0) is 11.3 Å². The Hall–Kier alpha value is -2.31. The highest BCUT2D eigenvalue weighted by atomic mass is 35.5. The Morgan fingerprint density at radius 1 is 1.22 bits per heavy atom. The molecule has 0 radical (unpaired) electrons. The highest BCUT2D eigenvalue weighted by molar-refractivity contribution is 6.33. The summed E-state index contributed by atoms with van der Waals surface area (Å²) in [6.07, 6.45) is 0. The lowest BCUT2D eigenvalue weighted by Gasteiger charge is -2.25. The number of carbonyl (C=O) groups is 1. The van der Waals surface area contributed by atoms with Gasteiger partial charge in [0.1, 0.15) is 5.82 Å². The van der Waals surface area contributed by atoms with Crippen LogP contribution in [0.4, 0.5) is 10.1 Å². The van der Waals surface area contributed by atoms with Crippen LogP contribution in [-0.4, -0.2) is 38.1 Å². The van der Waals surface area contributed by atoms with Gasteiger partial charge in [0.2, 0.25) is 5.91 Å². The van der Waals surface area contributed by atoms with Crippen molar-refractivity contribution < 1.29 is 18.7 Å². The second-order valence-electron chi connectivity index (χ2n) is 6.34. The van der Waals surface area contributed by atoms with E-state index in [0.29, 0.717) is 23.7 Å². The lowest BCUT2D eigenvalue weighted by molar-refractivity contribution is -0.120. The Labute approximate surface area is 164 Å². The van der Waals surface area contributed by atoms with Crippen molar-refractivity contribution in [2.45, 2.75) is 26.4 Å². The van der Waals surface area contributed by atoms with Crippen molar-refractivity contribution in [1.82, 2.24) is 4.90 Å². The summed E-state index contributed by atoms with van der Waals surface area (Å²) in [5, 5.41) is 2.90. The molecule has 0 bridgehead atoms. The Morgan fingerprint density at radius 2 is 1.85 bits per heavy atom. The normalized spacial score (nSPS) is 12.0. The zero-order valence-corrected chi connectivity index (χ0v) is 16.9. The smallest absolute Gasteiger partial charge is 0.241 e. The molecule has 0 heterocycles. The molecule has 146 valence electrons. The Bertz CT molecular complexity index is 829. The van der Waals surface area contributed by atoms with Gasteiger partial charge < -0.3 is 14.8 Å². The minimum absolute atomic E-state index is 0.161. The number of nitrogens with zero attached hydrogens (tertiary/aromatic N) is 1. The molecule has 0 saturated heterocycles. The summed E-state index contributed by atoms with van der Waals surface area (Å²) in [5.74, 6) is 0.621. The number of hydrogen-bond donors (Lipinski definition) is 1. The summed E-state index contributed by atoms with van der Waals surface area (Å²) in [6, 6.07) is 7.25. The van der Waals surface area contributed by atoms with Gasteiger partial charge in [0, 0.05) is 6.54 Å². The largest absolute Gasteiger partial charge is 0.493 e. The summed E-state index contributed by atoms with van der Waals surface area (Å²) in [6.45, 7) is 4.31. The average Bonchev–Trinajstić information content (AvgIpc) is 2.64. The van der Waals surface area contributed by atoms with Crippen LogP contribution >= 0.6 is 11.6 Å². The zero-order chi connectivity index (χ0) is 20.1. The first kappa shape index (κ1) is 21.0. The molecule has 2 aromatic carbocycles. The van der Waals surface area contributed by atoms with Crippen molar-refractivity contribution in [1.29, 1.82) is 0 Å². The predicted molar refractivity (Wildman–Crippen MR) is 105 cm³/mol. The quantitative estimate of drug-likeness (QED) is 0.762. The number of halogens is 2. The fourth-order valence-electron chi connectivity index (χ4n) is 2.63. The van der Waals surface area contributed by atoms with Crippen LogP contribution in [0.5, 0.6) is 11.5 Å². The number of rotatable bonds is 7. The standard InChI is InChI=1S/C20H24ClFN2O3/c1-12-8-18(26-4)19(27-5)9-14(12)11-24(3)13(2)20(25)23-17-7-6-15(22)10-16(17)21/h6-10,13H,11H2,1-5H3,(H,23,25)/t13-/m0/s1. The Balaban J connectivity index is 2.10. The summed E-state index contributed by atoms with van der Waals surface area (Å²) < 4.78 is 23.8. The van der Waals surface area contributed by atoms with Crippen molar-refractivity contribution in [3.63, 3.8) is 0 Å². The zero-order valence-electron chi connectivity index (χ0n) is 16.1. The van der Waals surface area contributed by atoms with Crippen molar-refractivity contribution in [3.8, 4) is 11.5 Å². The number of amides is 1. The van der Waals surface area contributed by atoms with Crippen LogP contribution in [0.2, 0.25) is 5.02 Å². The molecule has 27 heavy (non-hydrogen) atoms. The third-order valence-electron chi connectivity index (χ3n) is 4.49. The third-order valence-corrected chi connectivity index (χ3v) is 4.80. The predicted octanol–water partition coefficient (Wildman–Crippen LogP) is 4.26. The second-order valence-corrected chi connectivity index (χ2v) is 6.75. The average molecular weight is 395 g/mol. The fraction of sp³-hybridized carbons (Fsp3) is 0.350. The fourth-order valence-corrected chi connectivity index (χ4v) is 2.84. The summed E-state index contributed by atoms with van der Waals surface area (Å²) in [5.41, 5.74) is 2.44.